The zero-order valence-electron chi connectivity index (χ0n) is 10.6. The molecule has 0 amide bonds. The molecule has 1 saturated carbocycles. The van der Waals surface area contributed by atoms with E-state index in [1.807, 2.05) is 0 Å². The largest absolute Gasteiger partial charge is 0.326 e. The Morgan fingerprint density at radius 1 is 1.47 bits per heavy atom. The van der Waals surface area contributed by atoms with E-state index in [2.05, 4.69) is 59.1 Å². The van der Waals surface area contributed by atoms with E-state index in [9.17, 15) is 0 Å². The maximum absolute atomic E-state index is 6.31. The number of benzene rings is 1. The molecule has 0 aromatic heterocycles. The van der Waals surface area contributed by atoms with Crippen LogP contribution in [0.1, 0.15) is 37.8 Å². The standard InChI is InChI=1S/C14H21BrN2/c1-3-13(16)14(17(2)12-7-8-12)10-5-4-6-11(15)9-10/h4-6,9,12-14H,3,7-8,16H2,1-2H3. The van der Waals surface area contributed by atoms with Crippen LogP contribution in [-0.4, -0.2) is 24.0 Å². The maximum atomic E-state index is 6.31. The van der Waals surface area contributed by atoms with Crippen LogP contribution in [0.2, 0.25) is 0 Å². The zero-order valence-corrected chi connectivity index (χ0v) is 12.2. The summed E-state index contributed by atoms with van der Waals surface area (Å²) in [4.78, 5) is 2.45. The molecule has 17 heavy (non-hydrogen) atoms. The lowest BCUT2D eigenvalue weighted by atomic mass is 9.96. The minimum Gasteiger partial charge on any atom is -0.326 e. The third kappa shape index (κ3) is 3.09. The fourth-order valence-electron chi connectivity index (χ4n) is 2.41. The molecule has 0 aliphatic heterocycles. The molecule has 2 atom stereocenters. The normalized spacial score (nSPS) is 19.4. The number of likely N-dealkylation sites (N-methyl/N-ethyl adjacent to an activating group) is 1. The molecule has 1 aliphatic rings. The number of nitrogens with two attached hydrogens (primary N) is 1. The number of hydrogen-bond acceptors (Lipinski definition) is 2. The van der Waals surface area contributed by atoms with E-state index in [0.717, 1.165) is 16.9 Å². The molecular weight excluding hydrogens is 276 g/mol. The van der Waals surface area contributed by atoms with Crippen molar-refractivity contribution in [2.24, 2.45) is 5.73 Å². The van der Waals surface area contributed by atoms with Gasteiger partial charge in [0.05, 0.1) is 0 Å². The Balaban J connectivity index is 2.25. The second-order valence-electron chi connectivity index (χ2n) is 4.97. The predicted molar refractivity (Wildman–Crippen MR) is 75.9 cm³/mol. The van der Waals surface area contributed by atoms with Gasteiger partial charge < -0.3 is 5.73 Å². The minimum atomic E-state index is 0.204. The van der Waals surface area contributed by atoms with Crippen LogP contribution in [0.15, 0.2) is 28.7 Å². The van der Waals surface area contributed by atoms with Crippen molar-refractivity contribution in [3.8, 4) is 0 Å². The quantitative estimate of drug-likeness (QED) is 0.903. The fraction of sp³-hybridized carbons (Fsp3) is 0.571. The second kappa shape index (κ2) is 5.51. The van der Waals surface area contributed by atoms with Gasteiger partial charge in [0.2, 0.25) is 0 Å². The Bertz CT molecular complexity index is 376. The van der Waals surface area contributed by atoms with Crippen molar-refractivity contribution in [1.82, 2.24) is 4.90 Å². The van der Waals surface area contributed by atoms with Crippen molar-refractivity contribution < 1.29 is 0 Å². The van der Waals surface area contributed by atoms with Gasteiger partial charge in [0.15, 0.2) is 0 Å². The molecule has 2 unspecified atom stereocenters. The Morgan fingerprint density at radius 3 is 2.71 bits per heavy atom. The molecule has 1 aliphatic carbocycles. The van der Waals surface area contributed by atoms with Crippen LogP contribution in [0.3, 0.4) is 0 Å². The Labute approximate surface area is 112 Å². The van der Waals surface area contributed by atoms with Gasteiger partial charge in [-0.1, -0.05) is 35.0 Å². The van der Waals surface area contributed by atoms with Crippen LogP contribution in [0.4, 0.5) is 0 Å². The molecule has 1 aromatic rings. The first-order chi connectivity index (χ1) is 8.13. The van der Waals surface area contributed by atoms with E-state index in [1.54, 1.807) is 0 Å². The average molecular weight is 297 g/mol. The van der Waals surface area contributed by atoms with Gasteiger partial charge in [-0.2, -0.15) is 0 Å². The lowest BCUT2D eigenvalue weighted by molar-refractivity contribution is 0.200. The van der Waals surface area contributed by atoms with Crippen molar-refractivity contribution in [3.05, 3.63) is 34.3 Å². The monoisotopic (exact) mass is 296 g/mol. The van der Waals surface area contributed by atoms with E-state index in [4.69, 9.17) is 5.73 Å². The summed E-state index contributed by atoms with van der Waals surface area (Å²) in [5.74, 6) is 0. The molecule has 2 rings (SSSR count). The van der Waals surface area contributed by atoms with Crippen LogP contribution in [0.25, 0.3) is 0 Å². The summed E-state index contributed by atoms with van der Waals surface area (Å²) in [6.07, 6.45) is 3.64. The van der Waals surface area contributed by atoms with Gasteiger partial charge in [0.25, 0.3) is 0 Å². The molecule has 3 heteroatoms. The molecule has 0 heterocycles. The van der Waals surface area contributed by atoms with Crippen molar-refractivity contribution >= 4 is 15.9 Å². The van der Waals surface area contributed by atoms with Crippen LogP contribution < -0.4 is 5.73 Å². The van der Waals surface area contributed by atoms with Crippen LogP contribution >= 0.6 is 15.9 Å². The SMILES string of the molecule is CCC(N)C(c1cccc(Br)c1)N(C)C1CC1. The van der Waals surface area contributed by atoms with Gasteiger partial charge in [0, 0.05) is 22.6 Å². The Hall–Kier alpha value is -0.380. The number of hydrogen-bond donors (Lipinski definition) is 1. The highest BCUT2D eigenvalue weighted by molar-refractivity contribution is 9.10. The van der Waals surface area contributed by atoms with Gasteiger partial charge in [-0.3, -0.25) is 4.90 Å². The molecule has 0 spiro atoms. The van der Waals surface area contributed by atoms with Crippen LogP contribution in [0, 0.1) is 0 Å². The molecule has 2 nitrogen and oxygen atoms in total. The first kappa shape index (κ1) is 13.1. The van der Waals surface area contributed by atoms with E-state index in [0.29, 0.717) is 6.04 Å². The number of rotatable bonds is 5. The summed E-state index contributed by atoms with van der Waals surface area (Å²) < 4.78 is 1.13. The molecule has 0 radical (unpaired) electrons. The fourth-order valence-corrected chi connectivity index (χ4v) is 2.82. The van der Waals surface area contributed by atoms with Gasteiger partial charge in [-0.25, -0.2) is 0 Å². The van der Waals surface area contributed by atoms with Gasteiger partial charge in [-0.15, -0.1) is 0 Å². The summed E-state index contributed by atoms with van der Waals surface area (Å²) in [5, 5.41) is 0. The predicted octanol–water partition coefficient (Wildman–Crippen LogP) is 3.32. The molecule has 94 valence electrons. The van der Waals surface area contributed by atoms with Gasteiger partial charge in [-0.05, 0) is 44.0 Å². The van der Waals surface area contributed by atoms with Crippen LogP contribution in [-0.2, 0) is 0 Å². The number of halogens is 1. The summed E-state index contributed by atoms with van der Waals surface area (Å²) in [6.45, 7) is 2.16. The molecule has 1 aromatic carbocycles. The lowest BCUT2D eigenvalue weighted by Gasteiger charge is -2.33. The van der Waals surface area contributed by atoms with Crippen molar-refractivity contribution in [2.75, 3.05) is 7.05 Å². The first-order valence-corrected chi connectivity index (χ1v) is 7.15. The first-order valence-electron chi connectivity index (χ1n) is 6.36. The summed E-state index contributed by atoms with van der Waals surface area (Å²) in [6, 6.07) is 9.81. The van der Waals surface area contributed by atoms with E-state index in [1.165, 1.54) is 18.4 Å². The lowest BCUT2D eigenvalue weighted by Crippen LogP contribution is -2.39. The van der Waals surface area contributed by atoms with E-state index in [-0.39, 0.29) is 6.04 Å². The molecule has 0 saturated heterocycles. The molecule has 1 fully saturated rings. The highest BCUT2D eigenvalue weighted by Gasteiger charge is 2.34. The highest BCUT2D eigenvalue weighted by Crippen LogP contribution is 2.35. The summed E-state index contributed by atoms with van der Waals surface area (Å²) >= 11 is 3.54. The Morgan fingerprint density at radius 2 is 2.18 bits per heavy atom. The van der Waals surface area contributed by atoms with Crippen molar-refractivity contribution in [1.29, 1.82) is 0 Å². The highest BCUT2D eigenvalue weighted by atomic mass is 79.9. The zero-order chi connectivity index (χ0) is 12.4. The summed E-state index contributed by atoms with van der Waals surface area (Å²) in [5.41, 5.74) is 7.63. The van der Waals surface area contributed by atoms with Crippen molar-refractivity contribution in [3.63, 3.8) is 0 Å². The van der Waals surface area contributed by atoms with Crippen molar-refractivity contribution in [2.45, 2.75) is 44.3 Å². The van der Waals surface area contributed by atoms with E-state index >= 15 is 0 Å². The molecular formula is C14H21BrN2. The topological polar surface area (TPSA) is 29.3 Å². The van der Waals surface area contributed by atoms with Gasteiger partial charge in [0.1, 0.15) is 0 Å². The minimum absolute atomic E-state index is 0.204. The van der Waals surface area contributed by atoms with Crippen LogP contribution in [0.5, 0.6) is 0 Å². The maximum Gasteiger partial charge on any atom is 0.0499 e. The molecule has 2 N–H and O–H groups in total. The Kier molecular flexibility index (Phi) is 4.23. The smallest absolute Gasteiger partial charge is 0.0499 e. The van der Waals surface area contributed by atoms with Gasteiger partial charge >= 0.3 is 0 Å². The van der Waals surface area contributed by atoms with E-state index < -0.39 is 0 Å². The third-order valence-corrected chi connectivity index (χ3v) is 4.12. The average Bonchev–Trinajstić information content (AvgIpc) is 3.13. The second-order valence-corrected chi connectivity index (χ2v) is 5.88. The number of nitrogens with zero attached hydrogens (tertiary/aromatic N) is 1. The third-order valence-electron chi connectivity index (χ3n) is 3.63. The summed E-state index contributed by atoms with van der Waals surface area (Å²) in [7, 11) is 2.21. The molecule has 0 bridgehead atoms.